The average Bonchev–Trinajstić information content (AvgIpc) is 3.16. The van der Waals surface area contributed by atoms with E-state index in [4.69, 9.17) is 9.47 Å². The minimum absolute atomic E-state index is 0.115. The zero-order valence-corrected chi connectivity index (χ0v) is 19.5. The number of hydrogen-bond acceptors (Lipinski definition) is 6. The van der Waals surface area contributed by atoms with Gasteiger partial charge < -0.3 is 14.6 Å². The summed E-state index contributed by atoms with van der Waals surface area (Å²) in [6.07, 6.45) is 3.29. The molecule has 2 heterocycles. The Labute approximate surface area is 202 Å². The number of hydrogen-bond donors (Lipinski definition) is 1. The van der Waals surface area contributed by atoms with Crippen molar-refractivity contribution in [3.8, 4) is 11.5 Å². The molecule has 3 aromatic rings. The topological polar surface area (TPSA) is 59.0 Å². The van der Waals surface area contributed by atoms with E-state index in [0.29, 0.717) is 39.7 Å². The number of carbonyl (C=O) groups excluding carboxylic acids is 1. The number of phenolic OH excluding ortho intramolecular Hbond substituents is 1. The molecule has 1 aromatic heterocycles. The fourth-order valence-corrected chi connectivity index (χ4v) is 4.82. The third-order valence-corrected chi connectivity index (χ3v) is 6.64. The van der Waals surface area contributed by atoms with Crippen LogP contribution in [0.1, 0.15) is 15.2 Å². The molecule has 7 heteroatoms. The molecular formula is C27H26FNO4S. The second-order valence-corrected chi connectivity index (χ2v) is 9.18. The quantitative estimate of drug-likeness (QED) is 0.217. The molecule has 0 amide bonds. The molecule has 1 N–H and O–H groups in total. The van der Waals surface area contributed by atoms with Gasteiger partial charge in [-0.15, -0.1) is 11.3 Å². The summed E-state index contributed by atoms with van der Waals surface area (Å²) in [5.74, 6) is 1.27. The number of likely N-dealkylation sites (tertiary alicyclic amines) is 1. The Balaban J connectivity index is 1.43. The van der Waals surface area contributed by atoms with Gasteiger partial charge >= 0.3 is 0 Å². The number of carbonyl (C=O) groups is 1. The van der Waals surface area contributed by atoms with Crippen LogP contribution in [0.5, 0.6) is 11.5 Å². The lowest BCUT2D eigenvalue weighted by atomic mass is 10.0. The number of nitrogens with zero attached hydrogens (tertiary/aromatic N) is 1. The molecule has 4 rings (SSSR count). The van der Waals surface area contributed by atoms with E-state index < -0.39 is 0 Å². The largest absolute Gasteiger partial charge is 0.508 e. The third-order valence-electron chi connectivity index (χ3n) is 5.50. The fourth-order valence-electron chi connectivity index (χ4n) is 3.70. The lowest BCUT2D eigenvalue weighted by Gasteiger charge is -2.37. The predicted octanol–water partition coefficient (Wildman–Crippen LogP) is 5.72. The number of aromatic hydroxyl groups is 1. The Morgan fingerprint density at radius 2 is 1.88 bits per heavy atom. The maximum atomic E-state index is 13.2. The van der Waals surface area contributed by atoms with Gasteiger partial charge in [-0.2, -0.15) is 0 Å². The molecule has 0 bridgehead atoms. The van der Waals surface area contributed by atoms with Gasteiger partial charge in [-0.25, -0.2) is 0 Å². The number of phenols is 1. The molecule has 176 valence electrons. The van der Waals surface area contributed by atoms with Crippen LogP contribution >= 0.6 is 11.3 Å². The van der Waals surface area contributed by atoms with E-state index in [1.54, 1.807) is 42.5 Å². The number of ketones is 1. The molecule has 0 radical (unpaired) electrons. The van der Waals surface area contributed by atoms with E-state index in [1.807, 2.05) is 18.2 Å². The Morgan fingerprint density at radius 1 is 1.15 bits per heavy atom. The van der Waals surface area contributed by atoms with E-state index in [9.17, 15) is 14.3 Å². The number of thiophene rings is 1. The van der Waals surface area contributed by atoms with E-state index in [-0.39, 0.29) is 24.1 Å². The van der Waals surface area contributed by atoms with Gasteiger partial charge in [0.1, 0.15) is 28.8 Å². The van der Waals surface area contributed by atoms with Gasteiger partial charge in [-0.1, -0.05) is 43.5 Å². The lowest BCUT2D eigenvalue weighted by molar-refractivity contribution is 0.0568. The molecule has 1 saturated heterocycles. The van der Waals surface area contributed by atoms with Crippen molar-refractivity contribution in [2.45, 2.75) is 0 Å². The number of alkyl halides is 1. The zero-order chi connectivity index (χ0) is 24.1. The number of fused-ring (bicyclic) bond motifs is 1. The highest BCUT2D eigenvalue weighted by Crippen LogP contribution is 2.41. The predicted molar refractivity (Wildman–Crippen MR) is 133 cm³/mol. The molecule has 0 aliphatic carbocycles. The summed E-state index contributed by atoms with van der Waals surface area (Å²) in [4.78, 5) is 15.7. The van der Waals surface area contributed by atoms with Gasteiger partial charge in [0, 0.05) is 41.2 Å². The van der Waals surface area contributed by atoms with Crippen LogP contribution in [0.2, 0.25) is 0 Å². The Bertz CT molecular complexity index is 1230. The van der Waals surface area contributed by atoms with E-state index in [2.05, 4.69) is 18.1 Å². The van der Waals surface area contributed by atoms with E-state index >= 15 is 0 Å². The monoisotopic (exact) mass is 479 g/mol. The maximum absolute atomic E-state index is 13.2. The molecular weight excluding hydrogens is 453 g/mol. The van der Waals surface area contributed by atoms with Crippen LogP contribution in [0.25, 0.3) is 10.1 Å². The molecule has 0 atom stereocenters. The Hall–Kier alpha value is -3.42. The Morgan fingerprint density at radius 3 is 2.62 bits per heavy atom. The van der Waals surface area contributed by atoms with Gasteiger partial charge in [0.25, 0.3) is 0 Å². The zero-order valence-electron chi connectivity index (χ0n) is 18.7. The number of rotatable bonds is 11. The van der Waals surface area contributed by atoms with Crippen molar-refractivity contribution in [1.82, 2.24) is 4.90 Å². The summed E-state index contributed by atoms with van der Waals surface area (Å²) in [5, 5.41) is 10.6. The summed E-state index contributed by atoms with van der Waals surface area (Å²) in [7, 11) is 0. The summed E-state index contributed by atoms with van der Waals surface area (Å²) < 4.78 is 24.9. The van der Waals surface area contributed by atoms with Crippen molar-refractivity contribution in [3.05, 3.63) is 95.8 Å². The van der Waals surface area contributed by atoms with Crippen LogP contribution < -0.4 is 4.74 Å². The molecule has 5 nitrogen and oxygen atoms in total. The highest BCUT2D eigenvalue weighted by molar-refractivity contribution is 7.21. The molecule has 0 spiro atoms. The molecule has 34 heavy (non-hydrogen) atoms. The normalized spacial score (nSPS) is 14.3. The summed E-state index contributed by atoms with van der Waals surface area (Å²) in [5.41, 5.74) is 0.547. The number of allylic oxidation sites excluding steroid dienone is 2. The minimum Gasteiger partial charge on any atom is -0.508 e. The van der Waals surface area contributed by atoms with Crippen molar-refractivity contribution in [2.75, 3.05) is 32.9 Å². The minimum atomic E-state index is -0.270. The van der Waals surface area contributed by atoms with Crippen LogP contribution in [0.3, 0.4) is 0 Å². The lowest BCUT2D eigenvalue weighted by Crippen LogP contribution is -2.48. The summed E-state index contributed by atoms with van der Waals surface area (Å²) >= 11 is 1.26. The summed E-state index contributed by atoms with van der Waals surface area (Å²) in [6, 6.07) is 13.9. The Kier molecular flexibility index (Phi) is 7.45. The number of halogens is 1. The van der Waals surface area contributed by atoms with Crippen molar-refractivity contribution >= 4 is 27.2 Å². The highest BCUT2D eigenvalue weighted by Gasteiger charge is 2.26. The van der Waals surface area contributed by atoms with E-state index in [0.717, 1.165) is 24.3 Å². The maximum Gasteiger partial charge on any atom is 0.206 e. The first-order chi connectivity index (χ1) is 16.4. The smallest absolute Gasteiger partial charge is 0.206 e. The van der Waals surface area contributed by atoms with Gasteiger partial charge in [-0.05, 0) is 30.4 Å². The van der Waals surface area contributed by atoms with Crippen molar-refractivity contribution < 1.29 is 23.8 Å². The van der Waals surface area contributed by atoms with Crippen molar-refractivity contribution in [2.24, 2.45) is 5.92 Å². The first-order valence-electron chi connectivity index (χ1n) is 10.9. The van der Waals surface area contributed by atoms with Crippen LogP contribution in [-0.4, -0.2) is 48.7 Å². The number of benzene rings is 2. The number of ether oxygens (including phenoxy) is 2. The van der Waals surface area contributed by atoms with Gasteiger partial charge in [0.2, 0.25) is 5.78 Å². The van der Waals surface area contributed by atoms with Gasteiger partial charge in [0.05, 0.1) is 6.67 Å². The average molecular weight is 480 g/mol. The third kappa shape index (κ3) is 5.55. The molecule has 1 aliphatic heterocycles. The molecule has 2 aromatic carbocycles. The molecule has 0 saturated carbocycles. The van der Waals surface area contributed by atoms with Crippen LogP contribution in [0.4, 0.5) is 4.39 Å². The van der Waals surface area contributed by atoms with Gasteiger partial charge in [0.15, 0.2) is 5.75 Å². The molecule has 1 aliphatic rings. The SMILES string of the molecule is C=C(/C=C\C(=C)Oc1c(C(=O)c2ccccc2)sc2cc(O)ccc12)OCCN1CC(CF)C1. The molecule has 1 fully saturated rings. The summed E-state index contributed by atoms with van der Waals surface area (Å²) in [6.45, 7) is 10.3. The van der Waals surface area contributed by atoms with Crippen molar-refractivity contribution in [1.29, 1.82) is 0 Å². The first-order valence-corrected chi connectivity index (χ1v) is 11.8. The fraction of sp³-hybridized carbons (Fsp3) is 0.222. The standard InChI is InChI=1S/C27H26FNO4S/c1-18(32-13-12-29-16-20(15-28)17-29)8-9-19(2)33-26-23-11-10-22(30)14-24(23)34-27(26)25(31)21-6-4-3-5-7-21/h3-11,14,20,30H,1-2,12-13,15-17H2/b9-8-. The van der Waals surface area contributed by atoms with Crippen LogP contribution in [0.15, 0.2) is 85.4 Å². The van der Waals surface area contributed by atoms with E-state index in [1.165, 1.54) is 11.3 Å². The first kappa shape index (κ1) is 23.7. The van der Waals surface area contributed by atoms with Crippen LogP contribution in [0, 0.1) is 5.92 Å². The van der Waals surface area contributed by atoms with Gasteiger partial charge in [-0.3, -0.25) is 14.1 Å². The van der Waals surface area contributed by atoms with Crippen LogP contribution in [-0.2, 0) is 4.74 Å². The highest BCUT2D eigenvalue weighted by atomic mass is 32.1. The molecule has 0 unspecified atom stereocenters. The second kappa shape index (κ2) is 10.7. The van der Waals surface area contributed by atoms with Crippen molar-refractivity contribution in [3.63, 3.8) is 0 Å². The second-order valence-electron chi connectivity index (χ2n) is 8.13.